The summed E-state index contributed by atoms with van der Waals surface area (Å²) in [6.07, 6.45) is 3.74. The predicted octanol–water partition coefficient (Wildman–Crippen LogP) is 5.31. The van der Waals surface area contributed by atoms with Crippen LogP contribution in [0, 0.1) is 5.41 Å². The Labute approximate surface area is 216 Å². The van der Waals surface area contributed by atoms with E-state index in [1.807, 2.05) is 39.0 Å². The lowest BCUT2D eigenvalue weighted by atomic mass is 9.98. The zero-order valence-electron chi connectivity index (χ0n) is 21.6. The maximum absolute atomic E-state index is 11.9. The molecule has 2 aromatic carbocycles. The number of halogens is 1. The summed E-state index contributed by atoms with van der Waals surface area (Å²) >= 11 is 0. The summed E-state index contributed by atoms with van der Waals surface area (Å²) in [5.41, 5.74) is 1.95. The molecule has 1 fully saturated rings. The van der Waals surface area contributed by atoms with E-state index in [0.29, 0.717) is 12.6 Å². The van der Waals surface area contributed by atoms with Crippen LogP contribution in [-0.2, 0) is 27.1 Å². The smallest absolute Gasteiger partial charge is 0.313 e. The molecule has 0 N–H and O–H groups in total. The summed E-state index contributed by atoms with van der Waals surface area (Å²) in [5, 5.41) is 0. The predicted molar refractivity (Wildman–Crippen MR) is 141 cm³/mol. The van der Waals surface area contributed by atoms with Gasteiger partial charge in [-0.25, -0.2) is 0 Å². The molecule has 0 saturated carbocycles. The molecule has 1 saturated heterocycles. The fourth-order valence-electron chi connectivity index (χ4n) is 4.15. The first kappa shape index (κ1) is 29.0. The summed E-state index contributed by atoms with van der Waals surface area (Å²) in [7, 11) is 3.80. The minimum atomic E-state index is -0.514. The van der Waals surface area contributed by atoms with E-state index in [1.54, 1.807) is 7.11 Å². The van der Waals surface area contributed by atoms with Crippen LogP contribution in [0.1, 0.15) is 44.7 Å². The van der Waals surface area contributed by atoms with Gasteiger partial charge in [0.1, 0.15) is 11.5 Å². The van der Waals surface area contributed by atoms with Gasteiger partial charge in [0.2, 0.25) is 0 Å². The summed E-state index contributed by atoms with van der Waals surface area (Å²) < 4.78 is 22.6. The lowest BCUT2D eigenvalue weighted by molar-refractivity contribution is -0.169. The van der Waals surface area contributed by atoms with Crippen molar-refractivity contribution in [3.05, 3.63) is 59.7 Å². The molecular weight excluding hydrogens is 466 g/mol. The number of aryl methyl sites for hydroxylation is 2. The van der Waals surface area contributed by atoms with Gasteiger partial charge in [-0.2, -0.15) is 0 Å². The zero-order valence-corrected chi connectivity index (χ0v) is 22.4. The van der Waals surface area contributed by atoms with Crippen LogP contribution in [0.15, 0.2) is 48.5 Å². The van der Waals surface area contributed by atoms with E-state index in [-0.39, 0.29) is 31.3 Å². The summed E-state index contributed by atoms with van der Waals surface area (Å²) in [6, 6.07) is 16.9. The molecule has 0 aromatic heterocycles. The topological polar surface area (TPSA) is 57.2 Å². The van der Waals surface area contributed by atoms with Gasteiger partial charge in [0, 0.05) is 12.6 Å². The van der Waals surface area contributed by atoms with E-state index in [1.165, 1.54) is 11.1 Å². The number of likely N-dealkylation sites (tertiary alicyclic amines) is 1. The maximum atomic E-state index is 11.9. The highest BCUT2D eigenvalue weighted by molar-refractivity contribution is 5.85. The fourth-order valence-corrected chi connectivity index (χ4v) is 4.15. The largest absolute Gasteiger partial charge is 0.497 e. The van der Waals surface area contributed by atoms with Crippen molar-refractivity contribution in [1.29, 1.82) is 0 Å². The second-order valence-electron chi connectivity index (χ2n) is 10.0. The van der Waals surface area contributed by atoms with Gasteiger partial charge in [0.15, 0.2) is 6.79 Å². The van der Waals surface area contributed by atoms with Crippen molar-refractivity contribution in [3.63, 3.8) is 0 Å². The van der Waals surface area contributed by atoms with Crippen molar-refractivity contribution in [1.82, 2.24) is 4.90 Å². The monoisotopic (exact) mass is 505 g/mol. The highest BCUT2D eigenvalue weighted by Gasteiger charge is 2.31. The van der Waals surface area contributed by atoms with Crippen LogP contribution in [0.4, 0.5) is 0 Å². The number of benzene rings is 2. The van der Waals surface area contributed by atoms with Gasteiger partial charge < -0.3 is 23.8 Å². The third kappa shape index (κ3) is 9.02. The van der Waals surface area contributed by atoms with Crippen LogP contribution in [0.3, 0.4) is 0 Å². The molecule has 35 heavy (non-hydrogen) atoms. The summed E-state index contributed by atoms with van der Waals surface area (Å²) in [6.45, 7) is 7.01. The highest BCUT2D eigenvalue weighted by atomic mass is 35.5. The Bertz CT molecular complexity index is 930. The molecule has 2 aromatic rings. The lowest BCUT2D eigenvalue weighted by Gasteiger charge is -2.19. The van der Waals surface area contributed by atoms with Gasteiger partial charge in [-0.3, -0.25) is 4.79 Å². The van der Waals surface area contributed by atoms with Crippen LogP contribution in [0.25, 0.3) is 0 Å². The molecular formula is C28H40ClNO5. The van der Waals surface area contributed by atoms with E-state index in [9.17, 15) is 4.79 Å². The number of hydrogen-bond acceptors (Lipinski definition) is 6. The first-order chi connectivity index (χ1) is 16.3. The van der Waals surface area contributed by atoms with E-state index >= 15 is 0 Å². The van der Waals surface area contributed by atoms with Crippen LogP contribution < -0.4 is 9.47 Å². The summed E-state index contributed by atoms with van der Waals surface area (Å²) in [4.78, 5) is 14.2. The normalized spacial score (nSPS) is 18.1. The Hall–Kier alpha value is -2.28. The van der Waals surface area contributed by atoms with Gasteiger partial charge in [-0.1, -0.05) is 30.3 Å². The van der Waals surface area contributed by atoms with Gasteiger partial charge in [-0.15, -0.1) is 12.4 Å². The van der Waals surface area contributed by atoms with Crippen molar-refractivity contribution in [2.45, 2.75) is 58.6 Å². The number of carbonyl (C=O) groups excluding carboxylic acids is 1. The Morgan fingerprint density at radius 1 is 1.09 bits per heavy atom. The zero-order chi connectivity index (χ0) is 24.6. The molecule has 0 unspecified atom stereocenters. The first-order valence-corrected chi connectivity index (χ1v) is 12.1. The van der Waals surface area contributed by atoms with Crippen LogP contribution in [0.5, 0.6) is 11.5 Å². The number of methoxy groups -OCH3 is 1. The van der Waals surface area contributed by atoms with Crippen molar-refractivity contribution >= 4 is 18.4 Å². The van der Waals surface area contributed by atoms with Gasteiger partial charge in [0.05, 0.1) is 25.2 Å². The maximum Gasteiger partial charge on any atom is 0.313 e. The number of nitrogens with zero attached hydrogens (tertiary/aromatic N) is 1. The minimum absolute atomic E-state index is 0. The first-order valence-electron chi connectivity index (χ1n) is 12.1. The number of carbonyl (C=O) groups is 1. The van der Waals surface area contributed by atoms with Crippen molar-refractivity contribution in [2.75, 3.05) is 34.1 Å². The fraction of sp³-hybridized carbons (Fsp3) is 0.536. The van der Waals surface area contributed by atoms with Crippen LogP contribution in [-0.4, -0.2) is 57.1 Å². The molecule has 0 radical (unpaired) electrons. The number of esters is 1. The van der Waals surface area contributed by atoms with E-state index in [2.05, 4.69) is 42.3 Å². The molecule has 6 nitrogen and oxygen atoms in total. The third-order valence-electron chi connectivity index (χ3n) is 6.25. The number of rotatable bonds is 11. The molecule has 7 heteroatoms. The van der Waals surface area contributed by atoms with E-state index in [0.717, 1.165) is 43.7 Å². The van der Waals surface area contributed by atoms with E-state index in [4.69, 9.17) is 18.9 Å². The second-order valence-corrected chi connectivity index (χ2v) is 10.0. The quantitative estimate of drug-likeness (QED) is 0.305. The number of hydrogen-bond donors (Lipinski definition) is 0. The molecule has 0 aliphatic carbocycles. The average molecular weight is 506 g/mol. The SMILES string of the molecule is COc1cccc(CCc2ccccc2OCC[C@@H]2C[C@@H](OCOC(=O)C(C)(C)C)CN2C)c1.Cl. The molecule has 2 atom stereocenters. The molecule has 0 spiro atoms. The Balaban J connectivity index is 0.00000432. The molecule has 3 rings (SSSR count). The lowest BCUT2D eigenvalue weighted by Crippen LogP contribution is -2.27. The Kier molecular flexibility index (Phi) is 11.3. The molecule has 0 amide bonds. The van der Waals surface area contributed by atoms with Crippen molar-refractivity contribution < 1.29 is 23.7 Å². The van der Waals surface area contributed by atoms with Gasteiger partial charge >= 0.3 is 5.97 Å². The van der Waals surface area contributed by atoms with E-state index < -0.39 is 5.41 Å². The van der Waals surface area contributed by atoms with Crippen LogP contribution in [0.2, 0.25) is 0 Å². The van der Waals surface area contributed by atoms with Crippen molar-refractivity contribution in [3.8, 4) is 11.5 Å². The minimum Gasteiger partial charge on any atom is -0.497 e. The molecule has 194 valence electrons. The standard InChI is InChI=1S/C28H39NO5.ClH/c1-28(2,3)27(30)34-20-33-25-18-23(29(4)19-25)15-16-32-26-12-7-6-10-22(26)14-13-21-9-8-11-24(17-21)31-5;/h6-12,17,23,25H,13-16,18-20H2,1-5H3;1H/t23-,25-;/m1./s1. The Morgan fingerprint density at radius 2 is 1.86 bits per heavy atom. The van der Waals surface area contributed by atoms with Gasteiger partial charge in [0.25, 0.3) is 0 Å². The number of likely N-dealkylation sites (N-methyl/N-ethyl adjacent to an activating group) is 1. The van der Waals surface area contributed by atoms with Crippen LogP contribution >= 0.6 is 12.4 Å². The average Bonchev–Trinajstić information content (AvgIpc) is 3.17. The molecule has 0 bridgehead atoms. The summed E-state index contributed by atoms with van der Waals surface area (Å²) in [5.74, 6) is 1.60. The number of para-hydroxylation sites is 1. The molecule has 1 aliphatic rings. The van der Waals surface area contributed by atoms with Crippen molar-refractivity contribution in [2.24, 2.45) is 5.41 Å². The second kappa shape index (κ2) is 13.7. The highest BCUT2D eigenvalue weighted by Crippen LogP contribution is 2.25. The third-order valence-corrected chi connectivity index (χ3v) is 6.25. The Morgan fingerprint density at radius 3 is 2.60 bits per heavy atom. The number of ether oxygens (including phenoxy) is 4. The van der Waals surface area contributed by atoms with Gasteiger partial charge in [-0.05, 0) is 82.8 Å². The molecule has 1 aliphatic heterocycles. The molecule has 1 heterocycles.